The van der Waals surface area contributed by atoms with Crippen LogP contribution < -0.4 is 10.5 Å². The molecule has 0 amide bonds. The highest BCUT2D eigenvalue weighted by Gasteiger charge is 2.25. The predicted octanol–water partition coefficient (Wildman–Crippen LogP) is 1.35. The summed E-state index contributed by atoms with van der Waals surface area (Å²) in [7, 11) is -3.84. The maximum Gasteiger partial charge on any atom is 0.270 e. The maximum atomic E-state index is 12.3. The lowest BCUT2D eigenvalue weighted by Gasteiger charge is -2.22. The average molecular weight is 317 g/mol. The van der Waals surface area contributed by atoms with Crippen molar-refractivity contribution in [3.05, 3.63) is 28.3 Å². The largest absolute Gasteiger partial charge is 0.398 e. The molecule has 1 aliphatic heterocycles. The second kappa shape index (κ2) is 5.98. The first-order valence-electron chi connectivity index (χ1n) is 6.04. The number of non-ortho nitro benzene ring substituents is 1. The SMILES string of the molecule is Nc1ccc([N+](=O)[O-])cc1S(=O)(=O)NC1CCCSC1. The summed E-state index contributed by atoms with van der Waals surface area (Å²) in [5.41, 5.74) is 5.35. The van der Waals surface area contributed by atoms with E-state index < -0.39 is 14.9 Å². The Labute approximate surface area is 121 Å². The molecule has 1 saturated heterocycles. The first-order chi connectivity index (χ1) is 9.40. The minimum absolute atomic E-state index is 0.00608. The topological polar surface area (TPSA) is 115 Å². The Kier molecular flexibility index (Phi) is 4.51. The van der Waals surface area contributed by atoms with Gasteiger partial charge in [0.1, 0.15) is 4.90 Å². The highest BCUT2D eigenvalue weighted by atomic mass is 32.2. The molecule has 110 valence electrons. The van der Waals surface area contributed by atoms with Crippen molar-refractivity contribution in [1.29, 1.82) is 0 Å². The molecule has 1 aromatic carbocycles. The molecular weight excluding hydrogens is 302 g/mol. The summed E-state index contributed by atoms with van der Waals surface area (Å²) in [6, 6.07) is 3.26. The second-order valence-corrected chi connectivity index (χ2v) is 7.35. The number of benzene rings is 1. The monoisotopic (exact) mass is 317 g/mol. The van der Waals surface area contributed by atoms with E-state index in [-0.39, 0.29) is 22.3 Å². The summed E-state index contributed by atoms with van der Waals surface area (Å²) >= 11 is 1.68. The fraction of sp³-hybridized carbons (Fsp3) is 0.455. The lowest BCUT2D eigenvalue weighted by Crippen LogP contribution is -2.38. The van der Waals surface area contributed by atoms with Gasteiger partial charge < -0.3 is 5.73 Å². The van der Waals surface area contributed by atoms with Gasteiger partial charge >= 0.3 is 0 Å². The van der Waals surface area contributed by atoms with Crippen LogP contribution in [0.15, 0.2) is 23.1 Å². The number of sulfonamides is 1. The van der Waals surface area contributed by atoms with E-state index in [2.05, 4.69) is 4.72 Å². The third-order valence-corrected chi connectivity index (χ3v) is 5.77. The Morgan fingerprint density at radius 1 is 1.45 bits per heavy atom. The predicted molar refractivity (Wildman–Crippen MR) is 78.2 cm³/mol. The van der Waals surface area contributed by atoms with Gasteiger partial charge in [-0.15, -0.1) is 0 Å². The molecule has 1 fully saturated rings. The lowest BCUT2D eigenvalue weighted by molar-refractivity contribution is -0.385. The Balaban J connectivity index is 2.28. The van der Waals surface area contributed by atoms with E-state index in [4.69, 9.17) is 5.73 Å². The van der Waals surface area contributed by atoms with Crippen LogP contribution in [0.2, 0.25) is 0 Å². The molecule has 1 unspecified atom stereocenters. The van der Waals surface area contributed by atoms with Gasteiger partial charge in [-0.3, -0.25) is 10.1 Å². The molecule has 3 N–H and O–H groups in total. The van der Waals surface area contributed by atoms with Gasteiger partial charge in [0.25, 0.3) is 5.69 Å². The van der Waals surface area contributed by atoms with Crippen LogP contribution in [0.3, 0.4) is 0 Å². The molecule has 2 rings (SSSR count). The highest BCUT2D eigenvalue weighted by molar-refractivity contribution is 7.99. The van der Waals surface area contributed by atoms with Crippen molar-refractivity contribution in [3.8, 4) is 0 Å². The van der Waals surface area contributed by atoms with E-state index in [1.54, 1.807) is 11.8 Å². The van der Waals surface area contributed by atoms with Gasteiger partial charge in [0.05, 0.1) is 10.6 Å². The van der Waals surface area contributed by atoms with Crippen LogP contribution in [0.5, 0.6) is 0 Å². The smallest absolute Gasteiger partial charge is 0.270 e. The van der Waals surface area contributed by atoms with E-state index >= 15 is 0 Å². The number of nitro benzene ring substituents is 1. The molecular formula is C11H15N3O4S2. The summed E-state index contributed by atoms with van der Waals surface area (Å²) in [5.74, 6) is 1.73. The van der Waals surface area contributed by atoms with Gasteiger partial charge in [-0.05, 0) is 24.7 Å². The number of thioether (sulfide) groups is 1. The molecule has 1 atom stereocenters. The molecule has 20 heavy (non-hydrogen) atoms. The molecule has 1 aromatic rings. The molecule has 9 heteroatoms. The maximum absolute atomic E-state index is 12.3. The standard InChI is InChI=1S/C11H15N3O4S2/c12-10-4-3-9(14(15)16)6-11(10)20(17,18)13-8-2-1-5-19-7-8/h3-4,6,8,13H,1-2,5,7,12H2. The number of nitro groups is 1. The molecule has 0 aromatic heterocycles. The van der Waals surface area contributed by atoms with Crippen molar-refractivity contribution >= 4 is 33.2 Å². The number of nitrogens with one attached hydrogen (secondary N) is 1. The zero-order chi connectivity index (χ0) is 14.8. The van der Waals surface area contributed by atoms with Gasteiger partial charge in [0, 0.05) is 23.9 Å². The van der Waals surface area contributed by atoms with Crippen molar-refractivity contribution in [3.63, 3.8) is 0 Å². The molecule has 1 heterocycles. The fourth-order valence-corrected chi connectivity index (χ4v) is 4.58. The van der Waals surface area contributed by atoms with Crippen LogP contribution in [0.25, 0.3) is 0 Å². The number of anilines is 1. The summed E-state index contributed by atoms with van der Waals surface area (Å²) in [5, 5.41) is 10.7. The van der Waals surface area contributed by atoms with Crippen molar-refractivity contribution < 1.29 is 13.3 Å². The zero-order valence-corrected chi connectivity index (χ0v) is 12.2. The first kappa shape index (κ1) is 15.1. The summed E-state index contributed by atoms with van der Waals surface area (Å²) in [6.07, 6.45) is 1.71. The third kappa shape index (κ3) is 3.41. The van der Waals surface area contributed by atoms with Gasteiger partial charge in [-0.2, -0.15) is 11.8 Å². The Bertz CT molecular complexity index is 612. The van der Waals surface area contributed by atoms with Gasteiger partial charge in [-0.1, -0.05) is 0 Å². The molecule has 1 aliphatic rings. The third-order valence-electron chi connectivity index (χ3n) is 2.98. The number of nitrogens with zero attached hydrogens (tertiary/aromatic N) is 1. The molecule has 0 radical (unpaired) electrons. The molecule has 7 nitrogen and oxygen atoms in total. The van der Waals surface area contributed by atoms with Crippen molar-refractivity contribution in [2.75, 3.05) is 17.2 Å². The number of hydrogen-bond donors (Lipinski definition) is 2. The Morgan fingerprint density at radius 2 is 2.20 bits per heavy atom. The van der Waals surface area contributed by atoms with Crippen LogP contribution in [-0.2, 0) is 10.0 Å². The quantitative estimate of drug-likeness (QED) is 0.492. The fourth-order valence-electron chi connectivity index (χ4n) is 1.99. The van der Waals surface area contributed by atoms with E-state index in [1.165, 1.54) is 12.1 Å². The Hall–Kier alpha value is -1.32. The minimum atomic E-state index is -3.84. The average Bonchev–Trinajstić information content (AvgIpc) is 2.39. The van der Waals surface area contributed by atoms with E-state index in [0.717, 1.165) is 24.7 Å². The van der Waals surface area contributed by atoms with E-state index in [9.17, 15) is 18.5 Å². The molecule has 0 aliphatic carbocycles. The first-order valence-corrected chi connectivity index (χ1v) is 8.68. The van der Waals surface area contributed by atoms with Crippen LogP contribution in [0.1, 0.15) is 12.8 Å². The van der Waals surface area contributed by atoms with Gasteiger partial charge in [-0.25, -0.2) is 13.1 Å². The zero-order valence-electron chi connectivity index (χ0n) is 10.6. The minimum Gasteiger partial charge on any atom is -0.398 e. The summed E-state index contributed by atoms with van der Waals surface area (Å²) in [4.78, 5) is 9.85. The van der Waals surface area contributed by atoms with Gasteiger partial charge in [0.15, 0.2) is 0 Å². The van der Waals surface area contributed by atoms with Crippen LogP contribution in [0, 0.1) is 10.1 Å². The number of nitrogens with two attached hydrogens (primary N) is 1. The number of rotatable bonds is 4. The van der Waals surface area contributed by atoms with E-state index in [0.29, 0.717) is 5.75 Å². The molecule has 0 saturated carbocycles. The van der Waals surface area contributed by atoms with Crippen molar-refractivity contribution in [2.24, 2.45) is 0 Å². The summed E-state index contributed by atoms with van der Waals surface area (Å²) < 4.78 is 27.1. The van der Waals surface area contributed by atoms with Crippen LogP contribution in [-0.4, -0.2) is 30.9 Å². The van der Waals surface area contributed by atoms with E-state index in [1.807, 2.05) is 0 Å². The van der Waals surface area contributed by atoms with Crippen LogP contribution in [0.4, 0.5) is 11.4 Å². The van der Waals surface area contributed by atoms with Gasteiger partial charge in [0.2, 0.25) is 10.0 Å². The van der Waals surface area contributed by atoms with Crippen molar-refractivity contribution in [2.45, 2.75) is 23.8 Å². The Morgan fingerprint density at radius 3 is 2.80 bits per heavy atom. The molecule has 0 bridgehead atoms. The molecule has 0 spiro atoms. The second-order valence-electron chi connectivity index (χ2n) is 4.51. The number of hydrogen-bond acceptors (Lipinski definition) is 6. The normalized spacial score (nSPS) is 19.7. The lowest BCUT2D eigenvalue weighted by atomic mass is 10.2. The van der Waals surface area contributed by atoms with Crippen molar-refractivity contribution in [1.82, 2.24) is 4.72 Å². The number of nitrogen functional groups attached to an aromatic ring is 1. The summed E-state index contributed by atoms with van der Waals surface area (Å²) in [6.45, 7) is 0. The van der Waals surface area contributed by atoms with Crippen LogP contribution >= 0.6 is 11.8 Å². The highest BCUT2D eigenvalue weighted by Crippen LogP contribution is 2.25.